The van der Waals surface area contributed by atoms with Crippen LogP contribution in [0.15, 0.2) is 0 Å². The van der Waals surface area contributed by atoms with Gasteiger partial charge in [0.2, 0.25) is 0 Å². The standard InChI is InChI=1S/Ce.Fe.Mg.H2O.2H/h;;;1H2;;. The summed E-state index contributed by atoms with van der Waals surface area (Å²) in [6, 6.07) is 0. The molecule has 0 aromatic heterocycles. The van der Waals surface area contributed by atoms with E-state index in [1.54, 1.807) is 0 Å². The summed E-state index contributed by atoms with van der Waals surface area (Å²) in [5.41, 5.74) is 0. The van der Waals surface area contributed by atoms with E-state index in [0.717, 1.165) is 0 Å². The Morgan fingerprint density at radius 3 is 1.00 bits per heavy atom. The third-order valence-corrected chi connectivity index (χ3v) is 0. The van der Waals surface area contributed by atoms with Crippen molar-refractivity contribution in [2.24, 2.45) is 0 Å². The van der Waals surface area contributed by atoms with Gasteiger partial charge in [0.15, 0.2) is 0 Å². The van der Waals surface area contributed by atoms with Crippen LogP contribution in [0, 0.1) is 41.7 Å². The van der Waals surface area contributed by atoms with Crippen LogP contribution in [0.2, 0.25) is 0 Å². The van der Waals surface area contributed by atoms with E-state index in [4.69, 9.17) is 0 Å². The van der Waals surface area contributed by atoms with Gasteiger partial charge in [-0.3, -0.25) is 0 Å². The third-order valence-electron chi connectivity index (χ3n) is 0. The summed E-state index contributed by atoms with van der Waals surface area (Å²) in [6.45, 7) is 0. The van der Waals surface area contributed by atoms with E-state index in [1.165, 1.54) is 0 Å². The van der Waals surface area contributed by atoms with E-state index < -0.39 is 0 Å². The van der Waals surface area contributed by atoms with Crippen LogP contribution >= 0.6 is 0 Å². The molecule has 4 heteroatoms. The zero-order valence-corrected chi connectivity index (χ0v) is 5.60. The molecule has 0 rings (SSSR count). The Balaban J connectivity index is 0. The van der Waals surface area contributed by atoms with Gasteiger partial charge in [0.25, 0.3) is 0 Å². The molecule has 0 bridgehead atoms. The number of hydrogen-bond acceptors (Lipinski definition) is 0. The van der Waals surface area contributed by atoms with Gasteiger partial charge in [0, 0.05) is 58.8 Å². The zero-order chi connectivity index (χ0) is 0. The van der Waals surface area contributed by atoms with Crippen LogP contribution in [0.25, 0.3) is 0 Å². The Morgan fingerprint density at radius 2 is 1.00 bits per heavy atom. The van der Waals surface area contributed by atoms with E-state index in [1.807, 2.05) is 0 Å². The normalized spacial score (nSPS) is 0. The van der Waals surface area contributed by atoms with Gasteiger partial charge in [-0.2, -0.15) is 0 Å². The van der Waals surface area contributed by atoms with Gasteiger partial charge in [-0.15, -0.1) is 0 Å². The van der Waals surface area contributed by atoms with E-state index in [0.29, 0.717) is 0 Å². The van der Waals surface area contributed by atoms with Gasteiger partial charge in [-0.25, -0.2) is 0 Å². The van der Waals surface area contributed by atoms with Crippen molar-refractivity contribution in [1.82, 2.24) is 0 Å². The predicted octanol–water partition coefficient (Wildman–Crippen LogP) is -1.74. The second-order valence-electron chi connectivity index (χ2n) is 0. The first-order valence-electron chi connectivity index (χ1n) is 0. The average molecular weight is 240 g/mol. The molecule has 0 saturated carbocycles. The molecule has 0 saturated heterocycles. The fourth-order valence-corrected chi connectivity index (χ4v) is 0. The van der Waals surface area contributed by atoms with E-state index >= 15 is 0 Å². The van der Waals surface area contributed by atoms with Crippen LogP contribution in [0.1, 0.15) is 0 Å². The van der Waals surface area contributed by atoms with E-state index in [2.05, 4.69) is 0 Å². The second kappa shape index (κ2) is 17.5. The number of rotatable bonds is 0. The van der Waals surface area contributed by atoms with Crippen molar-refractivity contribution in [3.63, 3.8) is 0 Å². The average Bonchev–Trinajstić information content (AvgIpc) is 0. The van der Waals surface area contributed by atoms with Gasteiger partial charge >= 0.3 is 23.1 Å². The van der Waals surface area contributed by atoms with Crippen LogP contribution in [-0.2, 0) is 17.1 Å². The van der Waals surface area contributed by atoms with Crippen molar-refractivity contribution in [3.8, 4) is 0 Å². The molecule has 0 atom stereocenters. The molecule has 0 aliphatic carbocycles. The molecule has 2 N–H and O–H groups in total. The minimum atomic E-state index is 0. The maximum Gasteiger partial charge on any atom is 0.316 e. The molecule has 4 heavy (non-hydrogen) atoms. The van der Waals surface area contributed by atoms with Gasteiger partial charge in [-0.1, -0.05) is 0 Å². The number of hydrogen-bond donors (Lipinski definition) is 0. The van der Waals surface area contributed by atoms with Crippen molar-refractivity contribution in [1.29, 1.82) is 0 Å². The summed E-state index contributed by atoms with van der Waals surface area (Å²) in [5.74, 6) is 0. The van der Waals surface area contributed by atoms with E-state index in [9.17, 15) is 0 Å². The molecule has 24 valence electrons. The van der Waals surface area contributed by atoms with Gasteiger partial charge < -0.3 is 5.48 Å². The topological polar surface area (TPSA) is 31.5 Å². The molecular formula is H4CeFeMgO. The van der Waals surface area contributed by atoms with Crippen molar-refractivity contribution in [2.75, 3.05) is 0 Å². The largest absolute Gasteiger partial charge is 0.412 e. The van der Waals surface area contributed by atoms with Crippen LogP contribution in [-0.4, -0.2) is 28.5 Å². The minimum absolute atomic E-state index is 0. The first-order valence-corrected chi connectivity index (χ1v) is 0. The first-order chi connectivity index (χ1) is 0. The molecule has 0 radical (unpaired) electrons. The molecule has 0 fully saturated rings. The van der Waals surface area contributed by atoms with Crippen molar-refractivity contribution in [2.45, 2.75) is 0 Å². The van der Waals surface area contributed by atoms with Crippen LogP contribution in [0.3, 0.4) is 0 Å². The zero-order valence-electron chi connectivity index (χ0n) is 1.35. The fraction of sp³-hybridized carbons (Fsp3) is 0. The van der Waals surface area contributed by atoms with Crippen LogP contribution in [0.4, 0.5) is 0 Å². The molecule has 0 unspecified atom stereocenters. The second-order valence-corrected chi connectivity index (χ2v) is 0. The van der Waals surface area contributed by atoms with Crippen LogP contribution in [0.5, 0.6) is 0 Å². The van der Waals surface area contributed by atoms with Gasteiger partial charge in [0.05, 0.1) is 0 Å². The Hall–Kier alpha value is 2.62. The molecule has 0 aliphatic rings. The minimum Gasteiger partial charge on any atom is -0.412 e. The maximum absolute atomic E-state index is 0. The summed E-state index contributed by atoms with van der Waals surface area (Å²) in [7, 11) is 0. The molecule has 1 nitrogen and oxygen atoms in total. The van der Waals surface area contributed by atoms with E-state index in [-0.39, 0.29) is 87.3 Å². The summed E-state index contributed by atoms with van der Waals surface area (Å²) in [5, 5.41) is 0. The Labute approximate surface area is 85.6 Å². The predicted molar refractivity (Wildman–Crippen MR) is 12.2 cm³/mol. The van der Waals surface area contributed by atoms with Gasteiger partial charge in [-0.05, 0) is 0 Å². The quantitative estimate of drug-likeness (QED) is 0.450. The summed E-state index contributed by atoms with van der Waals surface area (Å²) >= 11 is 0. The monoisotopic (exact) mass is 240 g/mol. The van der Waals surface area contributed by atoms with Crippen molar-refractivity contribution in [3.05, 3.63) is 0 Å². The smallest absolute Gasteiger partial charge is 0.316 e. The molecule has 0 aliphatic heterocycles. The Bertz CT molecular complexity index is 8.00. The first kappa shape index (κ1) is 30.4. The third kappa shape index (κ3) is 8.82. The summed E-state index contributed by atoms with van der Waals surface area (Å²) in [6.07, 6.45) is 0. The summed E-state index contributed by atoms with van der Waals surface area (Å²) < 4.78 is 0. The molecule has 0 spiro atoms. The fourth-order valence-electron chi connectivity index (χ4n) is 0. The molecule has 0 heterocycles. The maximum atomic E-state index is 0. The van der Waals surface area contributed by atoms with Gasteiger partial charge in [0.1, 0.15) is 0 Å². The molecule has 0 aromatic rings. The Kier molecular flexibility index (Phi) is 133. The van der Waals surface area contributed by atoms with Crippen molar-refractivity contribution >= 4 is 23.1 Å². The molecule has 0 amide bonds. The van der Waals surface area contributed by atoms with Crippen LogP contribution < -0.4 is 0 Å². The Morgan fingerprint density at radius 1 is 1.00 bits per heavy atom. The van der Waals surface area contributed by atoms with Crippen molar-refractivity contribution < 1.29 is 64.3 Å². The molecular weight excluding hydrogens is 236 g/mol. The molecule has 0 aromatic carbocycles. The summed E-state index contributed by atoms with van der Waals surface area (Å²) in [4.78, 5) is 0. The SMILES string of the molecule is O.[Ce].[Fe].[MgH2].